The first-order valence-corrected chi connectivity index (χ1v) is 10.6. The topological polar surface area (TPSA) is 84.8 Å². The molecule has 156 valence electrons. The minimum Gasteiger partial charge on any atom is -0.381 e. The fourth-order valence-corrected chi connectivity index (χ4v) is 3.32. The van der Waals surface area contributed by atoms with E-state index in [4.69, 9.17) is 27.9 Å². The lowest BCUT2D eigenvalue weighted by Gasteiger charge is -2.08. The number of pyridine rings is 1. The van der Waals surface area contributed by atoms with Crippen LogP contribution in [0.15, 0.2) is 29.1 Å². The van der Waals surface area contributed by atoms with Crippen molar-refractivity contribution >= 4 is 40.1 Å². The summed E-state index contributed by atoms with van der Waals surface area (Å²) in [5.41, 5.74) is 1.80. The second kappa shape index (κ2) is 10.6. The predicted molar refractivity (Wildman–Crippen MR) is 117 cm³/mol. The highest BCUT2D eigenvalue weighted by Gasteiger charge is 2.10. The molecule has 0 saturated heterocycles. The molecule has 0 aliphatic carbocycles. The van der Waals surface area contributed by atoms with Gasteiger partial charge in [0.15, 0.2) is 5.52 Å². The summed E-state index contributed by atoms with van der Waals surface area (Å²) in [7, 11) is 0. The maximum atomic E-state index is 12.5. The zero-order valence-corrected chi connectivity index (χ0v) is 17.9. The van der Waals surface area contributed by atoms with E-state index in [1.54, 1.807) is 22.9 Å². The Morgan fingerprint density at radius 3 is 2.79 bits per heavy atom. The SMILES string of the molecule is CCCOCCCCCn1nnc2cc(NCc3ccc(Cl)c(Cl)c3)[nH]c(=O)c21. The molecule has 0 unspecified atom stereocenters. The number of aromatic amines is 1. The number of ether oxygens (including phenoxy) is 1. The van der Waals surface area contributed by atoms with Gasteiger partial charge in [0, 0.05) is 32.4 Å². The third kappa shape index (κ3) is 5.95. The Hall–Kier alpha value is -2.09. The average Bonchev–Trinajstić information content (AvgIpc) is 3.12. The summed E-state index contributed by atoms with van der Waals surface area (Å²) in [6, 6.07) is 7.20. The third-order valence-electron chi connectivity index (χ3n) is 4.48. The summed E-state index contributed by atoms with van der Waals surface area (Å²) in [4.78, 5) is 15.4. The van der Waals surface area contributed by atoms with E-state index in [0.29, 0.717) is 40.0 Å². The number of nitrogens with one attached hydrogen (secondary N) is 2. The normalized spacial score (nSPS) is 11.3. The molecule has 9 heteroatoms. The number of aromatic nitrogens is 4. The van der Waals surface area contributed by atoms with Gasteiger partial charge in [-0.1, -0.05) is 41.4 Å². The Morgan fingerprint density at radius 2 is 2.00 bits per heavy atom. The lowest BCUT2D eigenvalue weighted by molar-refractivity contribution is 0.130. The number of nitrogens with zero attached hydrogens (tertiary/aromatic N) is 3. The van der Waals surface area contributed by atoms with Crippen molar-refractivity contribution in [3.8, 4) is 0 Å². The molecule has 2 heterocycles. The number of benzene rings is 1. The van der Waals surface area contributed by atoms with Crippen LogP contribution in [0.3, 0.4) is 0 Å². The summed E-state index contributed by atoms with van der Waals surface area (Å²) in [5.74, 6) is 0.577. The van der Waals surface area contributed by atoms with Crippen molar-refractivity contribution < 1.29 is 4.74 Å². The van der Waals surface area contributed by atoms with Crippen molar-refractivity contribution in [2.24, 2.45) is 0 Å². The number of unbranched alkanes of at least 4 members (excludes halogenated alkanes) is 2. The first-order chi connectivity index (χ1) is 14.1. The number of hydrogen-bond donors (Lipinski definition) is 2. The zero-order valence-electron chi connectivity index (χ0n) is 16.4. The number of rotatable bonds is 11. The van der Waals surface area contributed by atoms with Gasteiger partial charge in [-0.15, -0.1) is 5.10 Å². The Labute approximate surface area is 179 Å². The van der Waals surface area contributed by atoms with E-state index in [-0.39, 0.29) is 5.56 Å². The van der Waals surface area contributed by atoms with E-state index < -0.39 is 0 Å². The Kier molecular flexibility index (Phi) is 7.91. The summed E-state index contributed by atoms with van der Waals surface area (Å²) >= 11 is 12.0. The smallest absolute Gasteiger partial charge is 0.277 e. The highest BCUT2D eigenvalue weighted by molar-refractivity contribution is 6.42. The van der Waals surface area contributed by atoms with E-state index in [9.17, 15) is 4.79 Å². The molecule has 7 nitrogen and oxygen atoms in total. The summed E-state index contributed by atoms with van der Waals surface area (Å²) in [5, 5.41) is 12.5. The maximum Gasteiger partial charge on any atom is 0.277 e. The highest BCUT2D eigenvalue weighted by Crippen LogP contribution is 2.23. The van der Waals surface area contributed by atoms with Crippen LogP contribution >= 0.6 is 23.2 Å². The fraction of sp³-hybridized carbons (Fsp3) is 0.450. The molecular weight excluding hydrogens is 413 g/mol. The molecule has 0 aliphatic rings. The van der Waals surface area contributed by atoms with Crippen molar-refractivity contribution in [2.75, 3.05) is 18.5 Å². The van der Waals surface area contributed by atoms with Gasteiger partial charge in [0.2, 0.25) is 0 Å². The fourth-order valence-electron chi connectivity index (χ4n) is 3.00. The Balaban J connectivity index is 1.58. The van der Waals surface area contributed by atoms with Gasteiger partial charge in [-0.05, 0) is 43.4 Å². The monoisotopic (exact) mass is 437 g/mol. The van der Waals surface area contributed by atoms with Gasteiger partial charge in [0.1, 0.15) is 11.3 Å². The second-order valence-electron chi connectivity index (χ2n) is 6.83. The van der Waals surface area contributed by atoms with Crippen LogP contribution < -0.4 is 10.9 Å². The minimum atomic E-state index is -0.213. The predicted octanol–water partition coefficient (Wildman–Crippen LogP) is 4.64. The maximum absolute atomic E-state index is 12.5. The van der Waals surface area contributed by atoms with Crippen LogP contribution in [0.2, 0.25) is 10.0 Å². The number of hydrogen-bond acceptors (Lipinski definition) is 5. The van der Waals surface area contributed by atoms with Crippen LogP contribution in [0.4, 0.5) is 5.82 Å². The van der Waals surface area contributed by atoms with Crippen molar-refractivity contribution in [1.29, 1.82) is 0 Å². The highest BCUT2D eigenvalue weighted by atomic mass is 35.5. The van der Waals surface area contributed by atoms with Gasteiger partial charge in [-0.3, -0.25) is 4.79 Å². The van der Waals surface area contributed by atoms with Crippen molar-refractivity contribution in [3.63, 3.8) is 0 Å². The number of anilines is 1. The summed E-state index contributed by atoms with van der Waals surface area (Å²) < 4.78 is 7.15. The molecule has 3 aromatic rings. The van der Waals surface area contributed by atoms with Crippen molar-refractivity contribution in [2.45, 2.75) is 45.7 Å². The Bertz CT molecular complexity index is 1000. The van der Waals surface area contributed by atoms with E-state index >= 15 is 0 Å². The first kappa shape index (κ1) is 21.6. The standard InChI is InChI=1S/C20H25Cl2N5O2/c1-2-9-29-10-5-3-4-8-27-19-17(25-26-27)12-18(24-20(19)28)23-13-14-6-7-15(21)16(22)11-14/h6-7,11-12H,2-5,8-10,13H2,1H3,(H2,23,24,28). The summed E-state index contributed by atoms with van der Waals surface area (Å²) in [6.45, 7) is 4.84. The summed E-state index contributed by atoms with van der Waals surface area (Å²) in [6.07, 6.45) is 3.99. The van der Waals surface area contributed by atoms with Gasteiger partial charge < -0.3 is 15.0 Å². The van der Waals surface area contributed by atoms with E-state index in [2.05, 4.69) is 27.5 Å². The number of halogens is 2. The average molecular weight is 438 g/mol. The van der Waals surface area contributed by atoms with Crippen LogP contribution in [0.1, 0.15) is 38.2 Å². The van der Waals surface area contributed by atoms with E-state index in [0.717, 1.165) is 44.5 Å². The number of fused-ring (bicyclic) bond motifs is 1. The molecule has 0 atom stereocenters. The van der Waals surface area contributed by atoms with E-state index in [1.807, 2.05) is 6.07 Å². The van der Waals surface area contributed by atoms with E-state index in [1.165, 1.54) is 0 Å². The van der Waals surface area contributed by atoms with Crippen molar-refractivity contribution in [1.82, 2.24) is 20.0 Å². The molecule has 0 bridgehead atoms. The molecule has 0 radical (unpaired) electrons. The van der Waals surface area contributed by atoms with Gasteiger partial charge in [-0.25, -0.2) is 4.68 Å². The van der Waals surface area contributed by atoms with Crippen LogP contribution in [-0.2, 0) is 17.8 Å². The largest absolute Gasteiger partial charge is 0.381 e. The molecule has 0 fully saturated rings. The molecular formula is C20H25Cl2N5O2. The zero-order chi connectivity index (χ0) is 20.6. The van der Waals surface area contributed by atoms with Crippen LogP contribution in [-0.4, -0.2) is 33.2 Å². The number of H-pyrrole nitrogens is 1. The number of aryl methyl sites for hydroxylation is 1. The molecule has 0 saturated carbocycles. The van der Waals surface area contributed by atoms with Crippen LogP contribution in [0.25, 0.3) is 11.0 Å². The first-order valence-electron chi connectivity index (χ1n) is 9.80. The quantitative estimate of drug-likeness (QED) is 0.426. The molecule has 2 aromatic heterocycles. The third-order valence-corrected chi connectivity index (χ3v) is 5.22. The van der Waals surface area contributed by atoms with Gasteiger partial charge in [0.05, 0.1) is 10.0 Å². The van der Waals surface area contributed by atoms with Gasteiger partial charge >= 0.3 is 0 Å². The molecule has 0 aliphatic heterocycles. The molecule has 29 heavy (non-hydrogen) atoms. The van der Waals surface area contributed by atoms with Crippen molar-refractivity contribution in [3.05, 3.63) is 50.2 Å². The lowest BCUT2D eigenvalue weighted by Crippen LogP contribution is -2.14. The Morgan fingerprint density at radius 1 is 1.14 bits per heavy atom. The lowest BCUT2D eigenvalue weighted by atomic mass is 10.2. The minimum absolute atomic E-state index is 0.213. The molecule has 0 amide bonds. The van der Waals surface area contributed by atoms with Crippen LogP contribution in [0, 0.1) is 0 Å². The second-order valence-corrected chi connectivity index (χ2v) is 7.65. The van der Waals surface area contributed by atoms with Gasteiger partial charge in [0.25, 0.3) is 5.56 Å². The molecule has 0 spiro atoms. The van der Waals surface area contributed by atoms with Crippen LogP contribution in [0.5, 0.6) is 0 Å². The molecule has 1 aromatic carbocycles. The van der Waals surface area contributed by atoms with Gasteiger partial charge in [-0.2, -0.15) is 0 Å². The molecule has 3 rings (SSSR count). The molecule has 2 N–H and O–H groups in total.